The van der Waals surface area contributed by atoms with Crippen LogP contribution in [0.4, 0.5) is 33.5 Å². The molecule has 9 rings (SSSR count). The molecule has 3 amide bonds. The van der Waals surface area contributed by atoms with Crippen LogP contribution in [-0.4, -0.2) is 93.5 Å². The largest absolute Gasteiger partial charge is 0.474 e. The molecule has 278 valence electrons. The molecular formula is C40H45N11O3. The molecule has 3 fully saturated rings. The third kappa shape index (κ3) is 6.66. The first-order chi connectivity index (χ1) is 26.4. The van der Waals surface area contributed by atoms with E-state index in [0.717, 1.165) is 109 Å². The fourth-order valence-corrected chi connectivity index (χ4v) is 8.43. The highest BCUT2D eigenvalue weighted by molar-refractivity contribution is 6.06. The summed E-state index contributed by atoms with van der Waals surface area (Å²) in [6.45, 7) is 10.1. The van der Waals surface area contributed by atoms with Crippen molar-refractivity contribution in [3.8, 4) is 17.0 Å². The van der Waals surface area contributed by atoms with Crippen molar-refractivity contribution < 1.29 is 14.3 Å². The zero-order valence-electron chi connectivity index (χ0n) is 30.7. The molecule has 3 N–H and O–H groups in total. The normalized spacial score (nSPS) is 18.6. The van der Waals surface area contributed by atoms with Gasteiger partial charge in [0.25, 0.3) is 0 Å². The van der Waals surface area contributed by atoms with E-state index < -0.39 is 0 Å². The number of aryl methyl sites for hydroxylation is 1. The molecule has 14 nitrogen and oxygen atoms in total. The number of piperidine rings is 2. The van der Waals surface area contributed by atoms with Gasteiger partial charge in [0, 0.05) is 92.6 Å². The maximum atomic E-state index is 12.4. The fourth-order valence-electron chi connectivity index (χ4n) is 8.43. The lowest BCUT2D eigenvalue weighted by atomic mass is 9.97. The smallest absolute Gasteiger partial charge is 0.328 e. The Hall–Kier alpha value is -5.76. The summed E-state index contributed by atoms with van der Waals surface area (Å²) >= 11 is 0. The first kappa shape index (κ1) is 34.0. The monoisotopic (exact) mass is 727 g/mol. The highest BCUT2D eigenvalue weighted by atomic mass is 16.5. The molecule has 0 atom stereocenters. The van der Waals surface area contributed by atoms with Crippen molar-refractivity contribution in [2.45, 2.75) is 58.0 Å². The summed E-state index contributed by atoms with van der Waals surface area (Å²) in [5.74, 6) is 0.978. The SMILES string of the molecule is Cc1cc(N2CCC(N3CCC(n4cc(Nc5ncc6ccc(-c7cnc8c(c7C)NCCO8)cc6n5)cn4)CC3)CC2)ccc1N1CCC(=O)NC1=O. The standard InChI is InChI=1S/C40H45N11O3/c1-25-19-32(5-6-35(25)50-17-11-36(52)47-40(50)53)49-13-7-30(8-14-49)48-15-9-31(10-16-48)51-24-29(22-44-51)45-39-43-21-28-4-3-27(20-34(28)46-39)33-23-42-38-37(26(33)2)41-12-18-54-38/h3-6,19-24,30-31,41H,7-18H2,1-2H3,(H,43,45,46)(H,47,52,53). The number of ether oxygens (including phenoxy) is 1. The molecule has 7 heterocycles. The third-order valence-electron chi connectivity index (χ3n) is 11.4. The summed E-state index contributed by atoms with van der Waals surface area (Å²) in [5, 5.41) is 14.9. The second kappa shape index (κ2) is 14.2. The molecule has 2 aromatic carbocycles. The van der Waals surface area contributed by atoms with E-state index in [1.165, 1.54) is 5.69 Å². The number of nitrogens with zero attached hydrogens (tertiary/aromatic N) is 8. The first-order valence-electron chi connectivity index (χ1n) is 19.0. The van der Waals surface area contributed by atoms with Crippen LogP contribution in [0.2, 0.25) is 0 Å². The van der Waals surface area contributed by atoms with Crippen molar-refractivity contribution in [2.75, 3.05) is 66.3 Å². The number of hydrogen-bond acceptors (Lipinski definition) is 11. The van der Waals surface area contributed by atoms with Gasteiger partial charge in [0.05, 0.1) is 23.4 Å². The fraction of sp³-hybridized carbons (Fsp3) is 0.400. The third-order valence-corrected chi connectivity index (χ3v) is 11.4. The minimum absolute atomic E-state index is 0.214. The number of nitrogens with one attached hydrogen (secondary N) is 3. The summed E-state index contributed by atoms with van der Waals surface area (Å²) in [4.78, 5) is 44.8. The summed E-state index contributed by atoms with van der Waals surface area (Å²) in [5.41, 5.74) is 8.98. The van der Waals surface area contributed by atoms with Gasteiger partial charge in [0.15, 0.2) is 0 Å². The Labute approximate surface area is 313 Å². The van der Waals surface area contributed by atoms with Crippen molar-refractivity contribution in [3.63, 3.8) is 0 Å². The Morgan fingerprint density at radius 1 is 0.889 bits per heavy atom. The lowest BCUT2D eigenvalue weighted by Crippen LogP contribution is -2.49. The number of likely N-dealkylation sites (tertiary alicyclic amines) is 1. The van der Waals surface area contributed by atoms with Crippen LogP contribution in [0.5, 0.6) is 5.88 Å². The van der Waals surface area contributed by atoms with Gasteiger partial charge in [-0.3, -0.25) is 19.7 Å². The number of hydrogen-bond donors (Lipinski definition) is 3. The molecule has 14 heteroatoms. The summed E-state index contributed by atoms with van der Waals surface area (Å²) < 4.78 is 7.82. The van der Waals surface area contributed by atoms with Gasteiger partial charge in [-0.15, -0.1) is 0 Å². The summed E-state index contributed by atoms with van der Waals surface area (Å²) in [6.07, 6.45) is 12.4. The summed E-state index contributed by atoms with van der Waals surface area (Å²) in [7, 11) is 0. The maximum Gasteiger partial charge on any atom is 0.328 e. The molecule has 3 saturated heterocycles. The van der Waals surface area contributed by atoms with Gasteiger partial charge in [-0.1, -0.05) is 12.1 Å². The second-order valence-electron chi connectivity index (χ2n) is 14.8. The van der Waals surface area contributed by atoms with E-state index in [1.807, 2.05) is 31.6 Å². The van der Waals surface area contributed by atoms with Gasteiger partial charge >= 0.3 is 6.03 Å². The van der Waals surface area contributed by atoms with E-state index in [4.69, 9.17) is 14.8 Å². The number of rotatable bonds is 7. The Morgan fingerprint density at radius 3 is 2.54 bits per heavy atom. The van der Waals surface area contributed by atoms with Crippen molar-refractivity contribution in [1.29, 1.82) is 0 Å². The number of fused-ring (bicyclic) bond motifs is 2. The Balaban J connectivity index is 0.785. The van der Waals surface area contributed by atoms with Crippen molar-refractivity contribution in [2.24, 2.45) is 0 Å². The molecule has 0 saturated carbocycles. The van der Waals surface area contributed by atoms with Crippen LogP contribution in [0.1, 0.15) is 49.3 Å². The van der Waals surface area contributed by atoms with E-state index in [2.05, 4.69) is 83.9 Å². The number of aromatic nitrogens is 5. The van der Waals surface area contributed by atoms with Gasteiger partial charge in [-0.25, -0.2) is 19.7 Å². The number of carbonyl (C=O) groups is 2. The van der Waals surface area contributed by atoms with Crippen LogP contribution in [0, 0.1) is 13.8 Å². The average molecular weight is 728 g/mol. The minimum atomic E-state index is -0.342. The van der Waals surface area contributed by atoms with Gasteiger partial charge in [0.1, 0.15) is 12.3 Å². The van der Waals surface area contributed by atoms with E-state index >= 15 is 0 Å². The number of imide groups is 1. The molecular weight excluding hydrogens is 683 g/mol. The number of amides is 3. The molecule has 0 bridgehead atoms. The quantitative estimate of drug-likeness (QED) is 0.187. The van der Waals surface area contributed by atoms with Gasteiger partial charge in [-0.2, -0.15) is 5.10 Å². The van der Waals surface area contributed by atoms with Crippen LogP contribution in [0.25, 0.3) is 22.0 Å². The van der Waals surface area contributed by atoms with Crippen molar-refractivity contribution >= 4 is 51.5 Å². The zero-order chi connectivity index (χ0) is 36.8. The Kier molecular flexibility index (Phi) is 8.97. The minimum Gasteiger partial charge on any atom is -0.474 e. The number of pyridine rings is 1. The van der Waals surface area contributed by atoms with Gasteiger partial charge < -0.3 is 25.2 Å². The van der Waals surface area contributed by atoms with Gasteiger partial charge in [0.2, 0.25) is 17.7 Å². The number of benzene rings is 2. The predicted molar refractivity (Wildman–Crippen MR) is 209 cm³/mol. The van der Waals surface area contributed by atoms with Crippen LogP contribution >= 0.6 is 0 Å². The molecule has 54 heavy (non-hydrogen) atoms. The molecule has 0 aliphatic carbocycles. The lowest BCUT2D eigenvalue weighted by molar-refractivity contribution is -0.120. The number of urea groups is 1. The van der Waals surface area contributed by atoms with Gasteiger partial charge in [-0.05, 0) is 80.5 Å². The molecule has 0 radical (unpaired) electrons. The van der Waals surface area contributed by atoms with Crippen LogP contribution in [0.3, 0.4) is 0 Å². The maximum absolute atomic E-state index is 12.4. The lowest BCUT2D eigenvalue weighted by Gasteiger charge is -2.42. The van der Waals surface area contributed by atoms with E-state index in [1.54, 1.807) is 4.90 Å². The summed E-state index contributed by atoms with van der Waals surface area (Å²) in [6, 6.07) is 13.1. The second-order valence-corrected chi connectivity index (χ2v) is 14.8. The van der Waals surface area contributed by atoms with E-state index in [9.17, 15) is 9.59 Å². The average Bonchev–Trinajstić information content (AvgIpc) is 3.67. The Bertz CT molecular complexity index is 2220. The highest BCUT2D eigenvalue weighted by Gasteiger charge is 2.30. The van der Waals surface area contributed by atoms with E-state index in [0.29, 0.717) is 43.5 Å². The van der Waals surface area contributed by atoms with Crippen molar-refractivity contribution in [3.05, 3.63) is 72.3 Å². The molecule has 0 unspecified atom stereocenters. The highest BCUT2D eigenvalue weighted by Crippen LogP contribution is 2.36. The number of anilines is 5. The molecule has 5 aromatic rings. The van der Waals surface area contributed by atoms with Crippen LogP contribution < -0.4 is 30.5 Å². The van der Waals surface area contributed by atoms with Crippen LogP contribution in [-0.2, 0) is 4.79 Å². The predicted octanol–water partition coefficient (Wildman–Crippen LogP) is 5.81. The zero-order valence-corrected chi connectivity index (χ0v) is 30.7. The van der Waals surface area contributed by atoms with Crippen molar-refractivity contribution in [1.82, 2.24) is 34.9 Å². The number of carbonyl (C=O) groups excluding carboxylic acids is 2. The molecule has 3 aromatic heterocycles. The first-order valence-corrected chi connectivity index (χ1v) is 19.0. The molecule has 0 spiro atoms. The molecule has 4 aliphatic rings. The van der Waals surface area contributed by atoms with Crippen LogP contribution in [0.15, 0.2) is 61.2 Å². The van der Waals surface area contributed by atoms with E-state index in [-0.39, 0.29) is 11.9 Å². The topological polar surface area (TPSA) is 146 Å². The Morgan fingerprint density at radius 2 is 1.72 bits per heavy atom. The molecule has 4 aliphatic heterocycles.